The SMILES string of the molecule is O=C(Nc1ccc(NCc2ccccc2F)nn1)c1ccc2c(c1)OCO2. The quantitative estimate of drug-likeness (QED) is 0.721. The third-order valence-corrected chi connectivity index (χ3v) is 3.96. The number of halogens is 1. The summed E-state index contributed by atoms with van der Waals surface area (Å²) in [5.74, 6) is 1.28. The first kappa shape index (κ1) is 16.8. The summed E-state index contributed by atoms with van der Waals surface area (Å²) in [6.07, 6.45) is 0. The van der Waals surface area contributed by atoms with Gasteiger partial charge in [0.25, 0.3) is 5.91 Å². The number of anilines is 2. The van der Waals surface area contributed by atoms with E-state index in [-0.39, 0.29) is 25.1 Å². The highest BCUT2D eigenvalue weighted by molar-refractivity contribution is 6.04. The topological polar surface area (TPSA) is 85.4 Å². The van der Waals surface area contributed by atoms with Crippen molar-refractivity contribution in [1.82, 2.24) is 10.2 Å². The van der Waals surface area contributed by atoms with Gasteiger partial charge in [-0.15, -0.1) is 10.2 Å². The lowest BCUT2D eigenvalue weighted by atomic mass is 10.2. The molecule has 1 aromatic heterocycles. The monoisotopic (exact) mass is 366 g/mol. The summed E-state index contributed by atoms with van der Waals surface area (Å²) < 4.78 is 24.1. The highest BCUT2D eigenvalue weighted by atomic mass is 19.1. The number of carbonyl (C=O) groups is 1. The number of nitrogens with zero attached hydrogens (tertiary/aromatic N) is 2. The molecule has 2 N–H and O–H groups in total. The van der Waals surface area contributed by atoms with Crippen LogP contribution < -0.4 is 20.1 Å². The Hall–Kier alpha value is -3.68. The minimum atomic E-state index is -0.338. The molecule has 0 atom stereocenters. The molecule has 2 aromatic carbocycles. The standard InChI is InChI=1S/C19H15FN4O3/c20-14-4-2-1-3-13(14)10-21-17-7-8-18(24-23-17)22-19(25)12-5-6-15-16(9-12)27-11-26-15/h1-9H,10-11H2,(H,21,23)(H,22,24,25). The molecular formula is C19H15FN4O3. The van der Waals surface area contributed by atoms with Gasteiger partial charge < -0.3 is 20.1 Å². The minimum Gasteiger partial charge on any atom is -0.454 e. The van der Waals surface area contributed by atoms with Gasteiger partial charge in [0.2, 0.25) is 6.79 Å². The zero-order chi connectivity index (χ0) is 18.6. The molecule has 7 nitrogen and oxygen atoms in total. The number of ether oxygens (including phenoxy) is 2. The maximum absolute atomic E-state index is 13.6. The van der Waals surface area contributed by atoms with Crippen LogP contribution in [0, 0.1) is 5.82 Å². The Morgan fingerprint density at radius 2 is 1.78 bits per heavy atom. The van der Waals surface area contributed by atoms with Crippen LogP contribution in [-0.2, 0) is 6.54 Å². The number of fused-ring (bicyclic) bond motifs is 1. The van der Waals surface area contributed by atoms with Crippen molar-refractivity contribution in [3.05, 3.63) is 71.5 Å². The molecule has 27 heavy (non-hydrogen) atoms. The predicted octanol–water partition coefficient (Wildman–Crippen LogP) is 3.21. The molecule has 2 heterocycles. The molecule has 1 aliphatic rings. The van der Waals surface area contributed by atoms with E-state index in [0.29, 0.717) is 34.3 Å². The van der Waals surface area contributed by atoms with Gasteiger partial charge in [0.1, 0.15) is 11.6 Å². The molecule has 0 unspecified atom stereocenters. The Labute approximate surface area is 154 Å². The molecule has 0 bridgehead atoms. The Balaban J connectivity index is 1.37. The summed E-state index contributed by atoms with van der Waals surface area (Å²) in [6.45, 7) is 0.428. The third-order valence-electron chi connectivity index (χ3n) is 3.96. The van der Waals surface area contributed by atoms with Gasteiger partial charge in [-0.1, -0.05) is 18.2 Å². The largest absolute Gasteiger partial charge is 0.454 e. The first-order chi connectivity index (χ1) is 13.2. The molecule has 0 radical (unpaired) electrons. The number of benzene rings is 2. The second-order valence-corrected chi connectivity index (χ2v) is 5.77. The lowest BCUT2D eigenvalue weighted by Crippen LogP contribution is -2.13. The number of rotatable bonds is 5. The van der Waals surface area contributed by atoms with E-state index in [2.05, 4.69) is 20.8 Å². The normalized spacial score (nSPS) is 11.9. The molecule has 3 aromatic rings. The average Bonchev–Trinajstić information content (AvgIpc) is 3.16. The summed E-state index contributed by atoms with van der Waals surface area (Å²) in [5.41, 5.74) is 0.947. The van der Waals surface area contributed by atoms with Crippen LogP contribution in [0.4, 0.5) is 16.0 Å². The van der Waals surface area contributed by atoms with Crippen molar-refractivity contribution in [3.63, 3.8) is 0 Å². The first-order valence-electron chi connectivity index (χ1n) is 8.21. The van der Waals surface area contributed by atoms with E-state index in [1.54, 1.807) is 48.5 Å². The van der Waals surface area contributed by atoms with E-state index >= 15 is 0 Å². The van der Waals surface area contributed by atoms with Gasteiger partial charge in [-0.25, -0.2) is 4.39 Å². The Bertz CT molecular complexity index is 979. The molecular weight excluding hydrogens is 351 g/mol. The van der Waals surface area contributed by atoms with Gasteiger partial charge in [-0.05, 0) is 36.4 Å². The minimum absolute atomic E-state index is 0.146. The number of carbonyl (C=O) groups excluding carboxylic acids is 1. The molecule has 8 heteroatoms. The Morgan fingerprint density at radius 1 is 1.00 bits per heavy atom. The second kappa shape index (κ2) is 7.28. The van der Waals surface area contributed by atoms with Gasteiger partial charge >= 0.3 is 0 Å². The highest BCUT2D eigenvalue weighted by Gasteiger charge is 2.16. The van der Waals surface area contributed by atoms with E-state index in [0.717, 1.165) is 0 Å². The molecule has 0 saturated carbocycles. The first-order valence-corrected chi connectivity index (χ1v) is 8.21. The number of aromatic nitrogens is 2. The van der Waals surface area contributed by atoms with Gasteiger partial charge in [0, 0.05) is 17.7 Å². The molecule has 1 aliphatic heterocycles. The van der Waals surface area contributed by atoms with Crippen molar-refractivity contribution in [2.24, 2.45) is 0 Å². The zero-order valence-electron chi connectivity index (χ0n) is 14.1. The fourth-order valence-corrected chi connectivity index (χ4v) is 2.55. The molecule has 0 saturated heterocycles. The van der Waals surface area contributed by atoms with E-state index in [9.17, 15) is 9.18 Å². The molecule has 0 fully saturated rings. The second-order valence-electron chi connectivity index (χ2n) is 5.77. The van der Waals surface area contributed by atoms with Crippen molar-refractivity contribution in [2.45, 2.75) is 6.54 Å². The Kier molecular flexibility index (Phi) is 4.52. The summed E-state index contributed by atoms with van der Waals surface area (Å²) in [4.78, 5) is 12.3. The summed E-state index contributed by atoms with van der Waals surface area (Å²) in [6, 6.07) is 14.7. The third kappa shape index (κ3) is 3.79. The fraction of sp³-hybridized carbons (Fsp3) is 0.105. The van der Waals surface area contributed by atoms with Gasteiger partial charge in [0.05, 0.1) is 0 Å². The number of nitrogens with one attached hydrogen (secondary N) is 2. The number of amides is 1. The highest BCUT2D eigenvalue weighted by Crippen LogP contribution is 2.32. The summed E-state index contributed by atoms with van der Waals surface area (Å²) in [7, 11) is 0. The van der Waals surface area contributed by atoms with Crippen LogP contribution in [0.15, 0.2) is 54.6 Å². The molecule has 0 aliphatic carbocycles. The van der Waals surface area contributed by atoms with Crippen LogP contribution in [0.5, 0.6) is 11.5 Å². The van der Waals surface area contributed by atoms with Crippen molar-refractivity contribution in [2.75, 3.05) is 17.4 Å². The van der Waals surface area contributed by atoms with Gasteiger partial charge in [0.15, 0.2) is 17.3 Å². The molecule has 0 spiro atoms. The van der Waals surface area contributed by atoms with Crippen LogP contribution in [0.1, 0.15) is 15.9 Å². The van der Waals surface area contributed by atoms with Crippen LogP contribution in [-0.4, -0.2) is 22.9 Å². The predicted molar refractivity (Wildman–Crippen MR) is 96.3 cm³/mol. The smallest absolute Gasteiger partial charge is 0.257 e. The van der Waals surface area contributed by atoms with Crippen molar-refractivity contribution < 1.29 is 18.7 Å². The van der Waals surface area contributed by atoms with Crippen LogP contribution in [0.2, 0.25) is 0 Å². The van der Waals surface area contributed by atoms with Crippen LogP contribution in [0.3, 0.4) is 0 Å². The van der Waals surface area contributed by atoms with E-state index in [4.69, 9.17) is 9.47 Å². The fourth-order valence-electron chi connectivity index (χ4n) is 2.55. The van der Waals surface area contributed by atoms with Crippen molar-refractivity contribution >= 4 is 17.5 Å². The van der Waals surface area contributed by atoms with Crippen LogP contribution >= 0.6 is 0 Å². The van der Waals surface area contributed by atoms with E-state index in [1.165, 1.54) is 6.07 Å². The van der Waals surface area contributed by atoms with Gasteiger partial charge in [-0.2, -0.15) is 0 Å². The maximum atomic E-state index is 13.6. The van der Waals surface area contributed by atoms with Crippen molar-refractivity contribution in [1.29, 1.82) is 0 Å². The van der Waals surface area contributed by atoms with Gasteiger partial charge in [-0.3, -0.25) is 4.79 Å². The Morgan fingerprint density at radius 3 is 2.59 bits per heavy atom. The van der Waals surface area contributed by atoms with E-state index in [1.807, 2.05) is 0 Å². The van der Waals surface area contributed by atoms with E-state index < -0.39 is 0 Å². The lowest BCUT2D eigenvalue weighted by molar-refractivity contribution is 0.102. The average molecular weight is 366 g/mol. The lowest BCUT2D eigenvalue weighted by Gasteiger charge is -2.08. The number of hydrogen-bond acceptors (Lipinski definition) is 6. The number of hydrogen-bond donors (Lipinski definition) is 2. The maximum Gasteiger partial charge on any atom is 0.257 e. The van der Waals surface area contributed by atoms with Crippen LogP contribution in [0.25, 0.3) is 0 Å². The summed E-state index contributed by atoms with van der Waals surface area (Å²) in [5, 5.41) is 13.6. The molecule has 136 valence electrons. The zero-order valence-corrected chi connectivity index (χ0v) is 14.1. The van der Waals surface area contributed by atoms with Crippen molar-refractivity contribution in [3.8, 4) is 11.5 Å². The molecule has 1 amide bonds. The molecule has 4 rings (SSSR count). The summed E-state index contributed by atoms with van der Waals surface area (Å²) >= 11 is 0.